The lowest BCUT2D eigenvalue weighted by atomic mass is 10.1. The number of fused-ring (bicyclic) bond motifs is 3. The number of ether oxygens (including phenoxy) is 1. The number of aromatic nitrogens is 1. The van der Waals surface area contributed by atoms with Crippen LogP contribution in [0.4, 0.5) is 5.69 Å². The Labute approximate surface area is 135 Å². The highest BCUT2D eigenvalue weighted by Gasteiger charge is 2.41. The molecule has 2 bridgehead atoms. The lowest BCUT2D eigenvalue weighted by Crippen LogP contribution is -2.44. The van der Waals surface area contributed by atoms with E-state index in [1.54, 1.807) is 12.4 Å². The lowest BCUT2D eigenvalue weighted by molar-refractivity contribution is -0.122. The summed E-state index contributed by atoms with van der Waals surface area (Å²) >= 11 is 0. The van der Waals surface area contributed by atoms with Gasteiger partial charge in [0.15, 0.2) is 0 Å². The molecular formula is C18H19N3O2. The summed E-state index contributed by atoms with van der Waals surface area (Å²) in [6, 6.07) is 11.5. The van der Waals surface area contributed by atoms with Gasteiger partial charge in [-0.3, -0.25) is 14.7 Å². The van der Waals surface area contributed by atoms with Gasteiger partial charge in [0.25, 0.3) is 0 Å². The van der Waals surface area contributed by atoms with E-state index in [9.17, 15) is 4.79 Å². The van der Waals surface area contributed by atoms with Gasteiger partial charge in [-0.05, 0) is 30.8 Å². The molecule has 1 fully saturated rings. The highest BCUT2D eigenvalue weighted by molar-refractivity contribution is 5.99. The van der Waals surface area contributed by atoms with E-state index in [0.29, 0.717) is 6.54 Å². The third-order valence-corrected chi connectivity index (χ3v) is 4.57. The van der Waals surface area contributed by atoms with Gasteiger partial charge >= 0.3 is 0 Å². The second-order valence-corrected chi connectivity index (χ2v) is 6.18. The summed E-state index contributed by atoms with van der Waals surface area (Å²) in [5, 5.41) is 0. The van der Waals surface area contributed by atoms with E-state index < -0.39 is 0 Å². The third-order valence-electron chi connectivity index (χ3n) is 4.57. The van der Waals surface area contributed by atoms with Crippen LogP contribution in [0.15, 0.2) is 48.8 Å². The molecule has 2 atom stereocenters. The Morgan fingerprint density at radius 3 is 2.96 bits per heavy atom. The summed E-state index contributed by atoms with van der Waals surface area (Å²) in [7, 11) is 1.99. The number of benzene rings is 1. The molecule has 0 radical (unpaired) electrons. The van der Waals surface area contributed by atoms with Crippen LogP contribution >= 0.6 is 0 Å². The number of rotatable bonds is 2. The Morgan fingerprint density at radius 2 is 2.13 bits per heavy atom. The zero-order chi connectivity index (χ0) is 15.8. The van der Waals surface area contributed by atoms with E-state index in [-0.39, 0.29) is 18.1 Å². The minimum absolute atomic E-state index is 0.0793. The number of para-hydroxylation sites is 2. The molecule has 2 aliphatic heterocycles. The molecule has 23 heavy (non-hydrogen) atoms. The summed E-state index contributed by atoms with van der Waals surface area (Å²) in [6.45, 7) is 1.29. The maximum absolute atomic E-state index is 13.1. The van der Waals surface area contributed by atoms with Gasteiger partial charge in [0, 0.05) is 25.4 Å². The number of nitrogens with zero attached hydrogens (tertiary/aromatic N) is 3. The summed E-state index contributed by atoms with van der Waals surface area (Å²) in [4.78, 5) is 21.2. The van der Waals surface area contributed by atoms with Gasteiger partial charge < -0.3 is 9.64 Å². The van der Waals surface area contributed by atoms with Crippen molar-refractivity contribution in [3.8, 4) is 5.75 Å². The molecule has 2 aliphatic rings. The highest BCUT2D eigenvalue weighted by atomic mass is 16.5. The van der Waals surface area contributed by atoms with Crippen molar-refractivity contribution in [2.45, 2.75) is 25.1 Å². The Bertz CT molecular complexity index is 719. The molecule has 1 aromatic carbocycles. The van der Waals surface area contributed by atoms with Crippen molar-refractivity contribution >= 4 is 11.6 Å². The Hall–Kier alpha value is -2.40. The summed E-state index contributed by atoms with van der Waals surface area (Å²) in [6.07, 6.45) is 4.37. The summed E-state index contributed by atoms with van der Waals surface area (Å²) in [5.41, 5.74) is 1.85. The molecule has 1 aromatic heterocycles. The quantitative estimate of drug-likeness (QED) is 0.852. The first-order chi connectivity index (χ1) is 11.2. The maximum atomic E-state index is 13.1. The topological polar surface area (TPSA) is 45.7 Å². The zero-order valence-electron chi connectivity index (χ0n) is 13.1. The summed E-state index contributed by atoms with van der Waals surface area (Å²) < 4.78 is 6.16. The Balaban J connectivity index is 1.76. The number of amides is 1. The minimum atomic E-state index is -0.120. The number of carbonyl (C=O) groups is 1. The van der Waals surface area contributed by atoms with Crippen LogP contribution in [0.2, 0.25) is 0 Å². The molecule has 1 amide bonds. The van der Waals surface area contributed by atoms with Crippen molar-refractivity contribution < 1.29 is 9.53 Å². The molecular weight excluding hydrogens is 290 g/mol. The number of likely N-dealkylation sites (tertiary alicyclic amines) is 1. The fourth-order valence-corrected chi connectivity index (χ4v) is 3.42. The van der Waals surface area contributed by atoms with Gasteiger partial charge in [0.2, 0.25) is 5.91 Å². The predicted molar refractivity (Wildman–Crippen MR) is 87.3 cm³/mol. The van der Waals surface area contributed by atoms with Crippen LogP contribution in [0, 0.1) is 0 Å². The van der Waals surface area contributed by atoms with Gasteiger partial charge in [-0.2, -0.15) is 0 Å². The van der Waals surface area contributed by atoms with E-state index in [2.05, 4.69) is 9.88 Å². The Kier molecular flexibility index (Phi) is 3.50. The smallest absolute Gasteiger partial charge is 0.244 e. The van der Waals surface area contributed by atoms with E-state index in [1.165, 1.54) is 0 Å². The first-order valence-electron chi connectivity index (χ1n) is 7.88. The van der Waals surface area contributed by atoms with Crippen molar-refractivity contribution in [1.82, 2.24) is 9.88 Å². The Morgan fingerprint density at radius 1 is 1.26 bits per heavy atom. The normalized spacial score (nSPS) is 23.9. The largest absolute Gasteiger partial charge is 0.487 e. The van der Waals surface area contributed by atoms with Crippen molar-refractivity contribution in [3.63, 3.8) is 0 Å². The van der Waals surface area contributed by atoms with E-state index >= 15 is 0 Å². The van der Waals surface area contributed by atoms with Gasteiger partial charge in [-0.25, -0.2) is 0 Å². The molecule has 1 saturated heterocycles. The average molecular weight is 309 g/mol. The number of hydrogen-bond donors (Lipinski definition) is 0. The number of hydrogen-bond acceptors (Lipinski definition) is 4. The average Bonchev–Trinajstić information content (AvgIpc) is 2.94. The zero-order valence-corrected chi connectivity index (χ0v) is 13.1. The fraction of sp³-hybridized carbons (Fsp3) is 0.333. The van der Waals surface area contributed by atoms with E-state index in [4.69, 9.17) is 4.74 Å². The van der Waals surface area contributed by atoms with Crippen LogP contribution in [-0.4, -0.2) is 41.5 Å². The van der Waals surface area contributed by atoms with Crippen molar-refractivity contribution in [3.05, 3.63) is 54.4 Å². The molecule has 0 unspecified atom stereocenters. The first-order valence-corrected chi connectivity index (χ1v) is 7.88. The number of likely N-dealkylation sites (N-methyl/N-ethyl adjacent to an activating group) is 1. The predicted octanol–water partition coefficient (Wildman–Crippen LogP) is 2.08. The van der Waals surface area contributed by atoms with Crippen LogP contribution in [-0.2, 0) is 11.3 Å². The van der Waals surface area contributed by atoms with Crippen LogP contribution in [0.3, 0.4) is 0 Å². The molecule has 0 spiro atoms. The minimum Gasteiger partial charge on any atom is -0.487 e. The van der Waals surface area contributed by atoms with Gasteiger partial charge in [-0.15, -0.1) is 0 Å². The molecule has 0 saturated carbocycles. The van der Waals surface area contributed by atoms with E-state index in [1.807, 2.05) is 48.3 Å². The van der Waals surface area contributed by atoms with Crippen molar-refractivity contribution in [2.75, 3.05) is 18.5 Å². The molecule has 5 heteroatoms. The number of pyridine rings is 1. The van der Waals surface area contributed by atoms with Crippen molar-refractivity contribution in [1.29, 1.82) is 0 Å². The lowest BCUT2D eigenvalue weighted by Gasteiger charge is -2.31. The molecule has 118 valence electrons. The third kappa shape index (κ3) is 2.57. The van der Waals surface area contributed by atoms with Gasteiger partial charge in [0.05, 0.1) is 18.3 Å². The molecule has 0 aliphatic carbocycles. The number of carbonyl (C=O) groups excluding carboxylic acids is 1. The van der Waals surface area contributed by atoms with Crippen LogP contribution < -0.4 is 9.64 Å². The molecule has 5 nitrogen and oxygen atoms in total. The summed E-state index contributed by atoms with van der Waals surface area (Å²) in [5.74, 6) is 0.915. The highest BCUT2D eigenvalue weighted by Crippen LogP contribution is 2.36. The van der Waals surface area contributed by atoms with Crippen LogP contribution in [0.25, 0.3) is 0 Å². The molecule has 2 aromatic rings. The second kappa shape index (κ2) is 5.66. The van der Waals surface area contributed by atoms with Gasteiger partial charge in [0.1, 0.15) is 11.9 Å². The molecule has 4 rings (SSSR count). The van der Waals surface area contributed by atoms with Crippen LogP contribution in [0.5, 0.6) is 5.75 Å². The second-order valence-electron chi connectivity index (χ2n) is 6.18. The number of anilines is 1. The van der Waals surface area contributed by atoms with E-state index in [0.717, 1.165) is 30.0 Å². The van der Waals surface area contributed by atoms with Gasteiger partial charge in [-0.1, -0.05) is 18.2 Å². The molecule has 0 N–H and O–H groups in total. The monoisotopic (exact) mass is 309 g/mol. The standard InChI is InChI=1S/C18H19N3O2/c1-20-12-14-9-16(20)18(22)21(11-13-5-4-8-19-10-13)15-6-2-3-7-17(15)23-14/h2-8,10,14,16H,9,11-12H2,1H3/t14-,16-/m0/s1. The molecule has 3 heterocycles. The fourth-order valence-electron chi connectivity index (χ4n) is 3.42. The van der Waals surface area contributed by atoms with Crippen LogP contribution in [0.1, 0.15) is 12.0 Å². The maximum Gasteiger partial charge on any atom is 0.244 e. The first kappa shape index (κ1) is 14.2. The SMILES string of the molecule is CN1C[C@@H]2C[C@H]1C(=O)N(Cc1cccnc1)c1ccccc1O2. The van der Waals surface area contributed by atoms with Crippen molar-refractivity contribution in [2.24, 2.45) is 0 Å².